The molecule has 0 unspecified atom stereocenters. The van der Waals surface area contributed by atoms with Crippen LogP contribution < -0.4 is 10.5 Å². The first-order chi connectivity index (χ1) is 7.54. The van der Waals surface area contributed by atoms with Crippen LogP contribution >= 0.6 is 0 Å². The van der Waals surface area contributed by atoms with E-state index in [0.29, 0.717) is 23.8 Å². The second-order valence-electron chi connectivity index (χ2n) is 3.53. The molecule has 0 saturated heterocycles. The van der Waals surface area contributed by atoms with Gasteiger partial charge in [0.1, 0.15) is 11.6 Å². The van der Waals surface area contributed by atoms with Crippen molar-refractivity contribution in [1.82, 2.24) is 4.90 Å². The maximum atomic E-state index is 13.0. The minimum Gasteiger partial charge on any atom is -0.496 e. The lowest BCUT2D eigenvalue weighted by Crippen LogP contribution is -2.30. The van der Waals surface area contributed by atoms with E-state index in [2.05, 4.69) is 4.99 Å². The molecule has 88 valence electrons. The Labute approximate surface area is 94.5 Å². The van der Waals surface area contributed by atoms with E-state index in [0.717, 1.165) is 0 Å². The molecule has 0 aromatic heterocycles. The number of nitrogens with two attached hydrogens (primary N) is 1. The fourth-order valence-corrected chi connectivity index (χ4v) is 1.18. The van der Waals surface area contributed by atoms with Crippen LogP contribution in [-0.2, 0) is 6.54 Å². The van der Waals surface area contributed by atoms with Crippen LogP contribution in [0, 0.1) is 5.82 Å². The van der Waals surface area contributed by atoms with Gasteiger partial charge in [0.05, 0.1) is 13.7 Å². The third-order valence-corrected chi connectivity index (χ3v) is 2.11. The zero-order valence-corrected chi connectivity index (χ0v) is 9.70. The van der Waals surface area contributed by atoms with Crippen LogP contribution in [0.1, 0.15) is 5.56 Å². The van der Waals surface area contributed by atoms with Gasteiger partial charge in [0.15, 0.2) is 5.96 Å². The lowest BCUT2D eigenvalue weighted by Gasteiger charge is -2.11. The monoisotopic (exact) mass is 225 g/mol. The lowest BCUT2D eigenvalue weighted by molar-refractivity contribution is 0.408. The highest BCUT2D eigenvalue weighted by atomic mass is 19.1. The summed E-state index contributed by atoms with van der Waals surface area (Å²) in [6.07, 6.45) is 0. The summed E-state index contributed by atoms with van der Waals surface area (Å²) in [7, 11) is 5.12. The van der Waals surface area contributed by atoms with Gasteiger partial charge in [0, 0.05) is 19.7 Å². The molecule has 16 heavy (non-hydrogen) atoms. The minimum atomic E-state index is -0.311. The Morgan fingerprint density at radius 1 is 1.50 bits per heavy atom. The number of hydrogen-bond acceptors (Lipinski definition) is 2. The van der Waals surface area contributed by atoms with E-state index in [1.54, 1.807) is 25.1 Å². The Balaban J connectivity index is 2.88. The molecule has 1 rings (SSSR count). The number of methoxy groups -OCH3 is 1. The molecular weight excluding hydrogens is 209 g/mol. The third kappa shape index (κ3) is 3.12. The first-order valence-electron chi connectivity index (χ1n) is 4.84. The van der Waals surface area contributed by atoms with Crippen LogP contribution in [0.15, 0.2) is 23.2 Å². The van der Waals surface area contributed by atoms with Gasteiger partial charge in [0.25, 0.3) is 0 Å². The Morgan fingerprint density at radius 2 is 2.19 bits per heavy atom. The Kier molecular flexibility index (Phi) is 4.10. The summed E-state index contributed by atoms with van der Waals surface area (Å²) < 4.78 is 18.1. The molecule has 0 aliphatic rings. The average molecular weight is 225 g/mol. The van der Waals surface area contributed by atoms with Crippen molar-refractivity contribution in [2.75, 3.05) is 21.2 Å². The quantitative estimate of drug-likeness (QED) is 0.621. The fraction of sp³-hybridized carbons (Fsp3) is 0.364. The van der Waals surface area contributed by atoms with Crippen molar-refractivity contribution < 1.29 is 9.13 Å². The van der Waals surface area contributed by atoms with Crippen LogP contribution in [0.2, 0.25) is 0 Å². The van der Waals surface area contributed by atoms with Crippen molar-refractivity contribution >= 4 is 5.96 Å². The van der Waals surface area contributed by atoms with Crippen molar-refractivity contribution in [2.24, 2.45) is 10.7 Å². The number of halogens is 1. The molecular formula is C11H16FN3O. The largest absolute Gasteiger partial charge is 0.496 e. The molecule has 2 N–H and O–H groups in total. The predicted molar refractivity (Wildman–Crippen MR) is 62.0 cm³/mol. The van der Waals surface area contributed by atoms with Crippen molar-refractivity contribution in [3.8, 4) is 5.75 Å². The van der Waals surface area contributed by atoms with Gasteiger partial charge in [-0.15, -0.1) is 0 Å². The predicted octanol–water partition coefficient (Wildman–Crippen LogP) is 1.21. The Morgan fingerprint density at radius 3 is 2.75 bits per heavy atom. The van der Waals surface area contributed by atoms with E-state index < -0.39 is 0 Å². The highest BCUT2D eigenvalue weighted by Crippen LogP contribution is 2.19. The maximum Gasteiger partial charge on any atom is 0.191 e. The van der Waals surface area contributed by atoms with Gasteiger partial charge in [-0.3, -0.25) is 0 Å². The number of rotatable bonds is 3. The van der Waals surface area contributed by atoms with E-state index in [1.807, 2.05) is 0 Å². The van der Waals surface area contributed by atoms with Gasteiger partial charge in [-0.25, -0.2) is 9.38 Å². The molecule has 0 radical (unpaired) electrons. The summed E-state index contributed by atoms with van der Waals surface area (Å²) >= 11 is 0. The molecule has 1 aromatic carbocycles. The fourth-order valence-electron chi connectivity index (χ4n) is 1.18. The zero-order valence-electron chi connectivity index (χ0n) is 9.70. The minimum absolute atomic E-state index is 0.297. The van der Waals surface area contributed by atoms with E-state index in [4.69, 9.17) is 10.5 Å². The van der Waals surface area contributed by atoms with Gasteiger partial charge < -0.3 is 15.4 Å². The molecule has 0 bridgehead atoms. The molecule has 4 nitrogen and oxygen atoms in total. The topological polar surface area (TPSA) is 50.9 Å². The summed E-state index contributed by atoms with van der Waals surface area (Å²) in [5.74, 6) is 0.692. The summed E-state index contributed by atoms with van der Waals surface area (Å²) in [6.45, 7) is 0.297. The zero-order chi connectivity index (χ0) is 12.1. The Bertz CT molecular complexity index is 391. The van der Waals surface area contributed by atoms with Gasteiger partial charge in [-0.1, -0.05) is 0 Å². The van der Waals surface area contributed by atoms with Crippen LogP contribution in [0.25, 0.3) is 0 Å². The summed E-state index contributed by atoms with van der Waals surface area (Å²) in [4.78, 5) is 5.80. The second-order valence-corrected chi connectivity index (χ2v) is 3.53. The van der Waals surface area contributed by atoms with Gasteiger partial charge in [0.2, 0.25) is 0 Å². The number of aliphatic imine (C=N–C) groups is 1. The second kappa shape index (κ2) is 5.34. The van der Waals surface area contributed by atoms with E-state index in [1.165, 1.54) is 19.2 Å². The number of ether oxygens (including phenoxy) is 1. The molecule has 5 heteroatoms. The molecule has 0 spiro atoms. The van der Waals surface area contributed by atoms with Crippen LogP contribution in [0.5, 0.6) is 5.75 Å². The normalized spacial score (nSPS) is 11.4. The molecule has 0 amide bonds. The van der Waals surface area contributed by atoms with E-state index in [-0.39, 0.29) is 5.82 Å². The third-order valence-electron chi connectivity index (χ3n) is 2.11. The van der Waals surface area contributed by atoms with E-state index >= 15 is 0 Å². The SMILES string of the molecule is COc1ccc(F)cc1CN=C(N)N(C)C. The first kappa shape index (κ1) is 12.3. The first-order valence-corrected chi connectivity index (χ1v) is 4.84. The van der Waals surface area contributed by atoms with Crippen LogP contribution in [0.4, 0.5) is 4.39 Å². The molecule has 1 aromatic rings. The molecule has 0 heterocycles. The number of hydrogen-bond donors (Lipinski definition) is 1. The van der Waals surface area contributed by atoms with Gasteiger partial charge >= 0.3 is 0 Å². The van der Waals surface area contributed by atoms with Gasteiger partial charge in [-0.2, -0.15) is 0 Å². The summed E-state index contributed by atoms with van der Waals surface area (Å²) in [6, 6.07) is 4.32. The molecule has 0 aliphatic heterocycles. The lowest BCUT2D eigenvalue weighted by atomic mass is 10.2. The highest BCUT2D eigenvalue weighted by Gasteiger charge is 2.04. The van der Waals surface area contributed by atoms with Crippen molar-refractivity contribution in [3.05, 3.63) is 29.6 Å². The van der Waals surface area contributed by atoms with Gasteiger partial charge in [-0.05, 0) is 18.2 Å². The smallest absolute Gasteiger partial charge is 0.191 e. The maximum absolute atomic E-state index is 13.0. The molecule has 0 saturated carbocycles. The number of guanidine groups is 1. The summed E-state index contributed by atoms with van der Waals surface area (Å²) in [5, 5.41) is 0. The Hall–Kier alpha value is -1.78. The summed E-state index contributed by atoms with van der Waals surface area (Å²) in [5.41, 5.74) is 6.31. The molecule has 0 aliphatic carbocycles. The van der Waals surface area contributed by atoms with Crippen molar-refractivity contribution in [2.45, 2.75) is 6.54 Å². The average Bonchev–Trinajstić information content (AvgIpc) is 2.25. The molecule has 0 atom stereocenters. The number of nitrogens with zero attached hydrogens (tertiary/aromatic N) is 2. The number of benzene rings is 1. The van der Waals surface area contributed by atoms with Crippen molar-refractivity contribution in [3.63, 3.8) is 0 Å². The molecule has 0 fully saturated rings. The standard InChI is InChI=1S/C11H16FN3O/c1-15(2)11(13)14-7-8-6-9(12)4-5-10(8)16-3/h4-6H,7H2,1-3H3,(H2,13,14). The van der Waals surface area contributed by atoms with Crippen LogP contribution in [0.3, 0.4) is 0 Å². The van der Waals surface area contributed by atoms with E-state index in [9.17, 15) is 4.39 Å². The van der Waals surface area contributed by atoms with Crippen LogP contribution in [-0.4, -0.2) is 32.1 Å². The highest BCUT2D eigenvalue weighted by molar-refractivity contribution is 5.77. The van der Waals surface area contributed by atoms with Crippen molar-refractivity contribution in [1.29, 1.82) is 0 Å².